The summed E-state index contributed by atoms with van der Waals surface area (Å²) in [4.78, 5) is 25.7. The number of aryl methyl sites for hydroxylation is 1. The summed E-state index contributed by atoms with van der Waals surface area (Å²) in [6.07, 6.45) is 1.51. The van der Waals surface area contributed by atoms with Gasteiger partial charge in [0.1, 0.15) is 23.3 Å². The number of hydrogen-bond donors (Lipinski definition) is 2. The van der Waals surface area contributed by atoms with Crippen LogP contribution >= 0.6 is 15.9 Å². The number of aliphatic carboxylic acids is 1. The number of methoxy groups -OCH3 is 2. The molecule has 0 aliphatic carbocycles. The number of benzene rings is 5. The molecular formula is C39H36BrNO7. The molecule has 5 aromatic rings. The summed E-state index contributed by atoms with van der Waals surface area (Å²) in [5.74, 6) is 1.45. The van der Waals surface area contributed by atoms with Gasteiger partial charge < -0.3 is 29.4 Å². The zero-order valence-electron chi connectivity index (χ0n) is 26.7. The molecule has 0 aromatic heterocycles. The highest BCUT2D eigenvalue weighted by molar-refractivity contribution is 9.10. The Balaban J connectivity index is 1.22. The van der Waals surface area contributed by atoms with Gasteiger partial charge in [0.25, 0.3) is 5.91 Å². The number of para-hydroxylation sites is 2. The molecule has 5 rings (SSSR count). The van der Waals surface area contributed by atoms with Gasteiger partial charge in [-0.05, 0) is 78.1 Å². The summed E-state index contributed by atoms with van der Waals surface area (Å²) >= 11 is 3.42. The maximum Gasteiger partial charge on any atom is 0.326 e. The summed E-state index contributed by atoms with van der Waals surface area (Å²) in [5, 5.41) is 12.7. The van der Waals surface area contributed by atoms with Gasteiger partial charge in [0.15, 0.2) is 11.5 Å². The Kier molecular flexibility index (Phi) is 11.7. The molecule has 1 amide bonds. The molecular weight excluding hydrogens is 674 g/mol. The van der Waals surface area contributed by atoms with Crippen LogP contribution in [0.4, 0.5) is 0 Å². The Morgan fingerprint density at radius 3 is 2.17 bits per heavy atom. The highest BCUT2D eigenvalue weighted by atomic mass is 79.9. The van der Waals surface area contributed by atoms with E-state index in [2.05, 4.69) is 21.2 Å². The van der Waals surface area contributed by atoms with E-state index in [9.17, 15) is 14.7 Å². The van der Waals surface area contributed by atoms with Crippen molar-refractivity contribution >= 4 is 27.8 Å². The Bertz CT molecular complexity index is 1840. The Morgan fingerprint density at radius 2 is 1.44 bits per heavy atom. The Morgan fingerprint density at radius 1 is 0.750 bits per heavy atom. The predicted octanol–water partition coefficient (Wildman–Crippen LogP) is 8.36. The zero-order valence-corrected chi connectivity index (χ0v) is 28.2. The van der Waals surface area contributed by atoms with Crippen LogP contribution in [-0.4, -0.2) is 43.9 Å². The Hall–Kier alpha value is -5.28. The average molecular weight is 711 g/mol. The van der Waals surface area contributed by atoms with E-state index in [-0.39, 0.29) is 12.0 Å². The first-order valence-corrected chi connectivity index (χ1v) is 16.2. The molecule has 48 heavy (non-hydrogen) atoms. The molecule has 8 nitrogen and oxygen atoms in total. The van der Waals surface area contributed by atoms with Crippen LogP contribution in [0, 0.1) is 0 Å². The number of halogens is 1. The monoisotopic (exact) mass is 709 g/mol. The van der Waals surface area contributed by atoms with Crippen molar-refractivity contribution in [1.82, 2.24) is 5.32 Å². The number of carboxylic acid groups (broad SMARTS) is 1. The molecule has 0 saturated heterocycles. The molecule has 5 aromatic carbocycles. The van der Waals surface area contributed by atoms with Gasteiger partial charge in [0, 0.05) is 16.5 Å². The average Bonchev–Trinajstić information content (AvgIpc) is 3.11. The maximum atomic E-state index is 13.4. The van der Waals surface area contributed by atoms with E-state index in [0.717, 1.165) is 34.4 Å². The second kappa shape index (κ2) is 16.5. The minimum atomic E-state index is -1.16. The van der Waals surface area contributed by atoms with Crippen molar-refractivity contribution in [3.05, 3.63) is 136 Å². The molecule has 0 heterocycles. The lowest BCUT2D eigenvalue weighted by Gasteiger charge is -2.17. The molecule has 0 spiro atoms. The van der Waals surface area contributed by atoms with Gasteiger partial charge in [0.2, 0.25) is 0 Å². The van der Waals surface area contributed by atoms with Crippen molar-refractivity contribution in [2.45, 2.75) is 25.3 Å². The first kappa shape index (κ1) is 34.1. The van der Waals surface area contributed by atoms with E-state index in [0.29, 0.717) is 40.5 Å². The largest absolute Gasteiger partial charge is 0.493 e. The topological polar surface area (TPSA) is 103 Å². The summed E-state index contributed by atoms with van der Waals surface area (Å²) < 4.78 is 23.5. The van der Waals surface area contributed by atoms with Crippen LogP contribution in [0.3, 0.4) is 0 Å². The number of nitrogens with one attached hydrogen (secondary N) is 1. The third-order valence-electron chi connectivity index (χ3n) is 7.67. The van der Waals surface area contributed by atoms with Crippen LogP contribution < -0.4 is 24.3 Å². The first-order chi connectivity index (χ1) is 23.3. The number of rotatable bonds is 15. The van der Waals surface area contributed by atoms with Gasteiger partial charge in [-0.25, -0.2) is 4.79 Å². The minimum absolute atomic E-state index is 0.0963. The van der Waals surface area contributed by atoms with Crippen molar-refractivity contribution in [3.8, 4) is 39.9 Å². The number of hydrogen-bond acceptors (Lipinski definition) is 6. The van der Waals surface area contributed by atoms with Gasteiger partial charge in [-0.15, -0.1) is 0 Å². The number of carbonyl (C=O) groups is 2. The van der Waals surface area contributed by atoms with Crippen LogP contribution in [0.25, 0.3) is 11.1 Å². The molecule has 246 valence electrons. The fourth-order valence-electron chi connectivity index (χ4n) is 5.20. The Labute approximate surface area is 288 Å². The van der Waals surface area contributed by atoms with Crippen LogP contribution in [0.2, 0.25) is 0 Å². The molecule has 0 saturated carbocycles. The van der Waals surface area contributed by atoms with Gasteiger partial charge in [-0.2, -0.15) is 0 Å². The molecule has 9 heteroatoms. The lowest BCUT2D eigenvalue weighted by Crippen LogP contribution is -2.42. The van der Waals surface area contributed by atoms with Gasteiger partial charge in [-0.1, -0.05) is 82.7 Å². The summed E-state index contributed by atoms with van der Waals surface area (Å²) in [6, 6.07) is 34.6. The molecule has 0 aliphatic heterocycles. The molecule has 0 aliphatic rings. The van der Waals surface area contributed by atoms with Crippen LogP contribution in [0.5, 0.6) is 28.7 Å². The van der Waals surface area contributed by atoms with Crippen molar-refractivity contribution in [2.24, 2.45) is 0 Å². The third kappa shape index (κ3) is 8.95. The lowest BCUT2D eigenvalue weighted by atomic mass is 9.99. The zero-order chi connectivity index (χ0) is 33.9. The third-order valence-corrected chi connectivity index (χ3v) is 8.16. The highest BCUT2D eigenvalue weighted by Gasteiger charge is 2.23. The predicted molar refractivity (Wildman–Crippen MR) is 188 cm³/mol. The minimum Gasteiger partial charge on any atom is -0.493 e. The van der Waals surface area contributed by atoms with Gasteiger partial charge in [-0.3, -0.25) is 4.79 Å². The van der Waals surface area contributed by atoms with Gasteiger partial charge in [0.05, 0.1) is 26.4 Å². The van der Waals surface area contributed by atoms with Gasteiger partial charge >= 0.3 is 5.97 Å². The second-order valence-corrected chi connectivity index (χ2v) is 11.9. The van der Waals surface area contributed by atoms with E-state index in [4.69, 9.17) is 18.9 Å². The highest BCUT2D eigenvalue weighted by Crippen LogP contribution is 2.33. The molecule has 1 atom stereocenters. The van der Waals surface area contributed by atoms with E-state index in [1.54, 1.807) is 32.4 Å². The van der Waals surface area contributed by atoms with Crippen LogP contribution in [-0.2, 0) is 17.6 Å². The van der Waals surface area contributed by atoms with Crippen LogP contribution in [0.15, 0.2) is 120 Å². The molecule has 0 radical (unpaired) electrons. The molecule has 0 bridgehead atoms. The van der Waals surface area contributed by atoms with Crippen molar-refractivity contribution < 1.29 is 33.6 Å². The smallest absolute Gasteiger partial charge is 0.326 e. The molecule has 2 N–H and O–H groups in total. The van der Waals surface area contributed by atoms with E-state index in [1.165, 1.54) is 0 Å². The summed E-state index contributed by atoms with van der Waals surface area (Å²) in [6.45, 7) is 0.352. The number of carboxylic acids is 1. The van der Waals surface area contributed by atoms with E-state index < -0.39 is 17.9 Å². The fraction of sp³-hybridized carbons (Fsp3) is 0.179. The molecule has 0 fully saturated rings. The van der Waals surface area contributed by atoms with Crippen molar-refractivity contribution in [1.29, 1.82) is 0 Å². The van der Waals surface area contributed by atoms with E-state index in [1.807, 2.05) is 97.1 Å². The SMILES string of the molecule is COc1ccc(CCCOc2ccc(Br)cc2C(=O)NC(Cc2ccc(-c3ccccc3Oc3ccccc3)cc2)C(=O)O)cc1OC. The van der Waals surface area contributed by atoms with Crippen LogP contribution in [0.1, 0.15) is 27.9 Å². The van der Waals surface area contributed by atoms with Crippen molar-refractivity contribution in [2.75, 3.05) is 20.8 Å². The quantitative estimate of drug-likeness (QED) is 0.105. The normalized spacial score (nSPS) is 11.3. The summed E-state index contributed by atoms with van der Waals surface area (Å²) in [7, 11) is 3.19. The fourth-order valence-corrected chi connectivity index (χ4v) is 5.56. The number of ether oxygens (including phenoxy) is 4. The standard InChI is InChI=1S/C39H36BrNO7/c1-45-36-20-16-26(24-37(36)46-2)9-8-22-47-34-21-19-29(40)25-32(34)38(42)41-33(39(43)44)23-27-14-17-28(18-15-27)31-12-6-7-13-35(31)48-30-10-4-3-5-11-30/h3-7,10-21,24-25,33H,8-9,22-23H2,1-2H3,(H,41,42)(H,43,44). The number of carbonyl (C=O) groups excluding carboxylic acids is 1. The first-order valence-electron chi connectivity index (χ1n) is 15.4. The second-order valence-electron chi connectivity index (χ2n) is 11.0. The van der Waals surface area contributed by atoms with E-state index >= 15 is 0 Å². The number of amides is 1. The maximum absolute atomic E-state index is 13.4. The molecule has 1 unspecified atom stereocenters. The van der Waals surface area contributed by atoms with Crippen molar-refractivity contribution in [3.63, 3.8) is 0 Å². The summed E-state index contributed by atoms with van der Waals surface area (Å²) in [5.41, 5.74) is 3.89. The lowest BCUT2D eigenvalue weighted by molar-refractivity contribution is -0.139.